The van der Waals surface area contributed by atoms with Crippen molar-refractivity contribution in [3.05, 3.63) is 65.6 Å². The molecule has 1 aromatic carbocycles. The molecule has 0 bridgehead atoms. The van der Waals surface area contributed by atoms with E-state index in [4.69, 9.17) is 0 Å². The molecule has 3 aromatic rings. The number of aromatic nitrogens is 3. The molecule has 1 unspecified atom stereocenters. The zero-order valence-electron chi connectivity index (χ0n) is 17.2. The summed E-state index contributed by atoms with van der Waals surface area (Å²) in [4.78, 5) is 27.7. The topological polar surface area (TPSA) is 82.8 Å². The van der Waals surface area contributed by atoms with Crippen molar-refractivity contribution >= 4 is 17.6 Å². The second-order valence-corrected chi connectivity index (χ2v) is 7.68. The van der Waals surface area contributed by atoms with Gasteiger partial charge in [-0.3, -0.25) is 9.20 Å². The van der Waals surface area contributed by atoms with Crippen molar-refractivity contribution in [2.24, 2.45) is 0 Å². The van der Waals surface area contributed by atoms with Gasteiger partial charge in [-0.2, -0.15) is 13.2 Å². The Labute approximate surface area is 181 Å². The molecular weight excluding hydrogens is 425 g/mol. The Bertz CT molecular complexity index is 1150. The fourth-order valence-corrected chi connectivity index (χ4v) is 3.73. The maximum absolute atomic E-state index is 13.2. The number of benzene rings is 1. The van der Waals surface area contributed by atoms with E-state index in [1.807, 2.05) is 12.1 Å². The van der Waals surface area contributed by atoms with Gasteiger partial charge in [-0.05, 0) is 23.8 Å². The van der Waals surface area contributed by atoms with Gasteiger partial charge in [0.15, 0.2) is 11.5 Å². The van der Waals surface area contributed by atoms with E-state index in [0.717, 1.165) is 6.07 Å². The van der Waals surface area contributed by atoms with Crippen molar-refractivity contribution in [2.45, 2.75) is 31.7 Å². The first-order valence-electron chi connectivity index (χ1n) is 9.95. The molecule has 1 saturated heterocycles. The Morgan fingerprint density at radius 2 is 1.94 bits per heavy atom. The number of nitrogens with one attached hydrogen (secondary N) is 1. The molecule has 1 fully saturated rings. The molecule has 4 rings (SSSR count). The van der Waals surface area contributed by atoms with Gasteiger partial charge in [0.1, 0.15) is 0 Å². The van der Waals surface area contributed by atoms with Crippen LogP contribution in [0.2, 0.25) is 0 Å². The Kier molecular flexibility index (Phi) is 5.72. The van der Waals surface area contributed by atoms with Crippen molar-refractivity contribution in [1.82, 2.24) is 29.7 Å². The Hall–Kier alpha value is -3.63. The first-order valence-corrected chi connectivity index (χ1v) is 9.95. The summed E-state index contributed by atoms with van der Waals surface area (Å²) in [6.07, 6.45) is -2.67. The van der Waals surface area contributed by atoms with E-state index >= 15 is 0 Å². The van der Waals surface area contributed by atoms with Crippen molar-refractivity contribution in [3.8, 4) is 0 Å². The molecule has 11 heteroatoms. The van der Waals surface area contributed by atoms with Crippen LogP contribution >= 0.6 is 0 Å². The number of pyridine rings is 1. The molecule has 1 aliphatic heterocycles. The quantitative estimate of drug-likeness (QED) is 0.653. The van der Waals surface area contributed by atoms with Gasteiger partial charge in [0.25, 0.3) is 0 Å². The molecule has 3 heterocycles. The van der Waals surface area contributed by atoms with E-state index in [1.165, 1.54) is 28.0 Å². The summed E-state index contributed by atoms with van der Waals surface area (Å²) in [5, 5.41) is 10.9. The maximum Gasteiger partial charge on any atom is 0.416 e. The van der Waals surface area contributed by atoms with Crippen molar-refractivity contribution < 1.29 is 22.8 Å². The number of carbonyl (C=O) groups excluding carboxylic acids is 2. The number of nitrogens with zero attached hydrogens (tertiary/aromatic N) is 5. The van der Waals surface area contributed by atoms with Gasteiger partial charge in [0, 0.05) is 32.8 Å². The Balaban J connectivity index is 1.37. The van der Waals surface area contributed by atoms with Crippen LogP contribution < -0.4 is 5.32 Å². The molecule has 8 nitrogen and oxygen atoms in total. The van der Waals surface area contributed by atoms with Gasteiger partial charge < -0.3 is 15.1 Å². The molecule has 0 spiro atoms. The average Bonchev–Trinajstić information content (AvgIpc) is 3.31. The lowest BCUT2D eigenvalue weighted by Crippen LogP contribution is -2.44. The highest BCUT2D eigenvalue weighted by Crippen LogP contribution is 2.32. The van der Waals surface area contributed by atoms with Crippen LogP contribution in [0.3, 0.4) is 0 Å². The number of alkyl halides is 3. The minimum atomic E-state index is -4.50. The number of hydrogen-bond donors (Lipinski definition) is 1. The van der Waals surface area contributed by atoms with Crippen LogP contribution in [0.1, 0.15) is 23.4 Å². The standard InChI is InChI=1S/C21H21F3N6O2/c1-28(13-18-27-26-17-8-4-5-9-30(17)18)20(32)25-15-10-19(31)29(12-15)11-14-6-2-3-7-16(14)21(22,23)24/h2-9,15H,10-13H2,1H3,(H,25,32). The van der Waals surface area contributed by atoms with Crippen molar-refractivity contribution in [1.29, 1.82) is 0 Å². The molecule has 3 amide bonds. The van der Waals surface area contributed by atoms with Crippen LogP contribution in [0.25, 0.3) is 5.65 Å². The van der Waals surface area contributed by atoms with E-state index in [0.29, 0.717) is 11.5 Å². The molecule has 0 aliphatic carbocycles. The van der Waals surface area contributed by atoms with E-state index in [1.54, 1.807) is 23.7 Å². The summed E-state index contributed by atoms with van der Waals surface area (Å²) in [6, 6.07) is 9.74. The highest BCUT2D eigenvalue weighted by atomic mass is 19.4. The van der Waals surface area contributed by atoms with Crippen molar-refractivity contribution in [2.75, 3.05) is 13.6 Å². The van der Waals surface area contributed by atoms with Crippen LogP contribution in [0.15, 0.2) is 48.7 Å². The molecule has 32 heavy (non-hydrogen) atoms. The number of hydrogen-bond acceptors (Lipinski definition) is 4. The van der Waals surface area contributed by atoms with Gasteiger partial charge >= 0.3 is 12.2 Å². The van der Waals surface area contributed by atoms with Crippen LogP contribution in [-0.2, 0) is 24.1 Å². The first-order chi connectivity index (χ1) is 15.2. The summed E-state index contributed by atoms with van der Waals surface area (Å²) in [7, 11) is 1.59. The Morgan fingerprint density at radius 1 is 1.19 bits per heavy atom. The molecule has 0 saturated carbocycles. The van der Waals surface area contributed by atoms with E-state index in [-0.39, 0.29) is 37.5 Å². The second-order valence-electron chi connectivity index (χ2n) is 7.68. The second kappa shape index (κ2) is 8.48. The molecule has 1 aliphatic rings. The van der Waals surface area contributed by atoms with E-state index in [9.17, 15) is 22.8 Å². The van der Waals surface area contributed by atoms with Crippen LogP contribution in [0, 0.1) is 0 Å². The summed E-state index contributed by atoms with van der Waals surface area (Å²) < 4.78 is 41.5. The van der Waals surface area contributed by atoms with Gasteiger partial charge in [0.05, 0.1) is 18.2 Å². The fourth-order valence-electron chi connectivity index (χ4n) is 3.73. The highest BCUT2D eigenvalue weighted by molar-refractivity contribution is 5.81. The average molecular weight is 446 g/mol. The van der Waals surface area contributed by atoms with Crippen LogP contribution in [-0.4, -0.2) is 56.0 Å². The van der Waals surface area contributed by atoms with Crippen molar-refractivity contribution in [3.63, 3.8) is 0 Å². The maximum atomic E-state index is 13.2. The fraction of sp³-hybridized carbons (Fsp3) is 0.333. The monoisotopic (exact) mass is 446 g/mol. The molecule has 168 valence electrons. The highest BCUT2D eigenvalue weighted by Gasteiger charge is 2.36. The SMILES string of the molecule is CN(Cc1nnc2ccccn12)C(=O)NC1CC(=O)N(Cc2ccccc2C(F)(F)F)C1. The lowest BCUT2D eigenvalue weighted by Gasteiger charge is -2.22. The number of rotatable bonds is 5. The number of likely N-dealkylation sites (tertiary alicyclic amines) is 1. The summed E-state index contributed by atoms with van der Waals surface area (Å²) in [5.41, 5.74) is -0.0795. The lowest BCUT2D eigenvalue weighted by molar-refractivity contribution is -0.139. The predicted octanol–water partition coefficient (Wildman–Crippen LogP) is 2.69. The first kappa shape index (κ1) is 21.6. The Morgan fingerprint density at radius 3 is 2.72 bits per heavy atom. The zero-order chi connectivity index (χ0) is 22.9. The summed E-state index contributed by atoms with van der Waals surface area (Å²) in [6.45, 7) is 0.168. The van der Waals surface area contributed by atoms with Gasteiger partial charge in [-0.15, -0.1) is 10.2 Å². The molecule has 1 atom stereocenters. The number of carbonyl (C=O) groups is 2. The molecule has 0 radical (unpaired) electrons. The minimum absolute atomic E-state index is 0.0242. The third kappa shape index (κ3) is 4.51. The molecular formula is C21H21F3N6O2. The minimum Gasteiger partial charge on any atom is -0.336 e. The van der Waals surface area contributed by atoms with Gasteiger partial charge in [-0.25, -0.2) is 4.79 Å². The normalized spacial score (nSPS) is 16.6. The smallest absolute Gasteiger partial charge is 0.336 e. The molecule has 2 aromatic heterocycles. The van der Waals surface area contributed by atoms with Gasteiger partial charge in [0.2, 0.25) is 5.91 Å². The summed E-state index contributed by atoms with van der Waals surface area (Å²) >= 11 is 0. The summed E-state index contributed by atoms with van der Waals surface area (Å²) in [5.74, 6) is 0.268. The number of fused-ring (bicyclic) bond motifs is 1. The number of halogens is 3. The largest absolute Gasteiger partial charge is 0.416 e. The third-order valence-corrected chi connectivity index (χ3v) is 5.34. The third-order valence-electron chi connectivity index (χ3n) is 5.34. The van der Waals surface area contributed by atoms with Crippen LogP contribution in [0.5, 0.6) is 0 Å². The molecule has 1 N–H and O–H groups in total. The van der Waals surface area contributed by atoms with E-state index < -0.39 is 23.8 Å². The predicted molar refractivity (Wildman–Crippen MR) is 108 cm³/mol. The number of urea groups is 1. The van der Waals surface area contributed by atoms with Crippen LogP contribution in [0.4, 0.5) is 18.0 Å². The zero-order valence-corrected chi connectivity index (χ0v) is 17.2. The van der Waals surface area contributed by atoms with E-state index in [2.05, 4.69) is 15.5 Å². The number of amides is 3. The lowest BCUT2D eigenvalue weighted by atomic mass is 10.1. The van der Waals surface area contributed by atoms with Gasteiger partial charge in [-0.1, -0.05) is 24.3 Å².